The van der Waals surface area contributed by atoms with Gasteiger partial charge >= 0.3 is 0 Å². The molecule has 1 aromatic carbocycles. The molecule has 0 aliphatic carbocycles. The summed E-state index contributed by atoms with van der Waals surface area (Å²) in [6.45, 7) is 1.71. The van der Waals surface area contributed by atoms with E-state index in [-0.39, 0.29) is 11.3 Å². The van der Waals surface area contributed by atoms with Gasteiger partial charge in [0.05, 0.1) is 10.6 Å². The van der Waals surface area contributed by atoms with Crippen molar-refractivity contribution >= 4 is 12.0 Å². The standard InChI is InChI=1S/C10H8N4O3/c1-7-11-6-13(12-7)10-3-2-9(14(16)17)4-8(10)5-15/h2-6H,1H3. The first-order valence-electron chi connectivity index (χ1n) is 4.74. The maximum Gasteiger partial charge on any atom is 0.270 e. The fourth-order valence-corrected chi connectivity index (χ4v) is 1.42. The number of carbonyl (C=O) groups excluding carboxylic acids is 1. The normalized spacial score (nSPS) is 10.2. The van der Waals surface area contributed by atoms with E-state index in [2.05, 4.69) is 10.1 Å². The number of nitro benzene ring substituents is 1. The lowest BCUT2D eigenvalue weighted by Crippen LogP contribution is -2.01. The van der Waals surface area contributed by atoms with Gasteiger partial charge in [-0.2, -0.15) is 5.10 Å². The van der Waals surface area contributed by atoms with E-state index in [9.17, 15) is 14.9 Å². The molecule has 0 atom stereocenters. The largest absolute Gasteiger partial charge is 0.298 e. The molecule has 7 heteroatoms. The van der Waals surface area contributed by atoms with Crippen molar-refractivity contribution in [1.82, 2.24) is 14.8 Å². The highest BCUT2D eigenvalue weighted by Crippen LogP contribution is 2.19. The van der Waals surface area contributed by atoms with Crippen LogP contribution in [0.1, 0.15) is 16.2 Å². The molecule has 1 heterocycles. The van der Waals surface area contributed by atoms with Crippen molar-refractivity contribution in [3.8, 4) is 5.69 Å². The Bertz CT molecular complexity index is 591. The van der Waals surface area contributed by atoms with E-state index in [1.165, 1.54) is 29.2 Å². The number of aromatic nitrogens is 3. The quantitative estimate of drug-likeness (QED) is 0.451. The minimum absolute atomic E-state index is 0.132. The summed E-state index contributed by atoms with van der Waals surface area (Å²) in [4.78, 5) is 24.8. The summed E-state index contributed by atoms with van der Waals surface area (Å²) in [6, 6.07) is 3.99. The molecule has 0 spiro atoms. The summed E-state index contributed by atoms with van der Waals surface area (Å²) in [5.41, 5.74) is 0.531. The van der Waals surface area contributed by atoms with Crippen molar-refractivity contribution in [3.05, 3.63) is 46.0 Å². The number of nitro groups is 1. The van der Waals surface area contributed by atoms with Crippen molar-refractivity contribution < 1.29 is 9.72 Å². The Labute approximate surface area is 95.9 Å². The monoisotopic (exact) mass is 232 g/mol. The number of aryl methyl sites for hydroxylation is 1. The minimum Gasteiger partial charge on any atom is -0.298 e. The fraction of sp³-hybridized carbons (Fsp3) is 0.100. The number of nitrogens with zero attached hydrogens (tertiary/aromatic N) is 4. The van der Waals surface area contributed by atoms with Crippen LogP contribution in [-0.4, -0.2) is 26.0 Å². The molecule has 7 nitrogen and oxygen atoms in total. The summed E-state index contributed by atoms with van der Waals surface area (Å²) in [5.74, 6) is 0.556. The number of rotatable bonds is 3. The van der Waals surface area contributed by atoms with Gasteiger partial charge in [-0.1, -0.05) is 0 Å². The number of non-ortho nitro benzene ring substituents is 1. The maximum atomic E-state index is 10.9. The second kappa shape index (κ2) is 4.12. The predicted octanol–water partition coefficient (Wildman–Crippen LogP) is 1.30. The van der Waals surface area contributed by atoms with Gasteiger partial charge in [-0.15, -0.1) is 0 Å². The van der Waals surface area contributed by atoms with Gasteiger partial charge in [0, 0.05) is 17.7 Å². The summed E-state index contributed by atoms with van der Waals surface area (Å²) >= 11 is 0. The van der Waals surface area contributed by atoms with Crippen molar-refractivity contribution in [2.45, 2.75) is 6.92 Å². The molecule has 0 amide bonds. The van der Waals surface area contributed by atoms with Gasteiger partial charge in [0.15, 0.2) is 6.29 Å². The van der Waals surface area contributed by atoms with E-state index in [1.54, 1.807) is 6.92 Å². The first kappa shape index (κ1) is 10.9. The molecule has 86 valence electrons. The van der Waals surface area contributed by atoms with Gasteiger partial charge in [0.25, 0.3) is 5.69 Å². The molecule has 2 aromatic rings. The Kier molecular flexibility index (Phi) is 2.65. The van der Waals surface area contributed by atoms with Gasteiger partial charge < -0.3 is 0 Å². The molecule has 0 aliphatic rings. The molecular weight excluding hydrogens is 224 g/mol. The average Bonchev–Trinajstić information content (AvgIpc) is 2.74. The second-order valence-electron chi connectivity index (χ2n) is 3.35. The molecule has 0 saturated carbocycles. The molecule has 2 rings (SSSR count). The Morgan fingerprint density at radius 3 is 2.76 bits per heavy atom. The molecule has 0 N–H and O–H groups in total. The molecule has 0 radical (unpaired) electrons. The Hall–Kier alpha value is -2.57. The van der Waals surface area contributed by atoms with Crippen LogP contribution in [0.5, 0.6) is 0 Å². The lowest BCUT2D eigenvalue weighted by atomic mass is 10.2. The molecule has 0 bridgehead atoms. The highest BCUT2D eigenvalue weighted by Gasteiger charge is 2.12. The van der Waals surface area contributed by atoms with Crippen molar-refractivity contribution in [2.75, 3.05) is 0 Å². The first-order chi connectivity index (χ1) is 8.11. The van der Waals surface area contributed by atoms with E-state index in [0.29, 0.717) is 17.8 Å². The molecule has 0 saturated heterocycles. The zero-order chi connectivity index (χ0) is 12.4. The molecule has 0 unspecified atom stereocenters. The molecule has 0 fully saturated rings. The number of aldehydes is 1. The van der Waals surface area contributed by atoms with Crippen LogP contribution in [0, 0.1) is 17.0 Å². The zero-order valence-electron chi connectivity index (χ0n) is 8.90. The summed E-state index contributed by atoms with van der Waals surface area (Å²) < 4.78 is 1.41. The Morgan fingerprint density at radius 1 is 1.47 bits per heavy atom. The lowest BCUT2D eigenvalue weighted by molar-refractivity contribution is -0.384. The SMILES string of the molecule is Cc1ncn(-c2ccc([N+](=O)[O-])cc2C=O)n1. The Balaban J connectivity index is 2.55. The van der Waals surface area contributed by atoms with E-state index >= 15 is 0 Å². The van der Waals surface area contributed by atoms with Gasteiger partial charge in [-0.25, -0.2) is 9.67 Å². The smallest absolute Gasteiger partial charge is 0.270 e. The predicted molar refractivity (Wildman–Crippen MR) is 58.1 cm³/mol. The number of carbonyl (C=O) groups is 1. The van der Waals surface area contributed by atoms with Crippen LogP contribution >= 0.6 is 0 Å². The minimum atomic E-state index is -0.552. The second-order valence-corrected chi connectivity index (χ2v) is 3.35. The van der Waals surface area contributed by atoms with Crippen LogP contribution < -0.4 is 0 Å². The van der Waals surface area contributed by atoms with Crippen molar-refractivity contribution in [3.63, 3.8) is 0 Å². The van der Waals surface area contributed by atoms with Crippen LogP contribution in [-0.2, 0) is 0 Å². The van der Waals surface area contributed by atoms with E-state index in [0.717, 1.165) is 0 Å². The van der Waals surface area contributed by atoms with Crippen LogP contribution in [0.4, 0.5) is 5.69 Å². The summed E-state index contributed by atoms with van der Waals surface area (Å²) in [5, 5.41) is 14.6. The van der Waals surface area contributed by atoms with E-state index in [4.69, 9.17) is 0 Å². The highest BCUT2D eigenvalue weighted by molar-refractivity contribution is 5.82. The third-order valence-corrected chi connectivity index (χ3v) is 2.20. The molecule has 17 heavy (non-hydrogen) atoms. The van der Waals surface area contributed by atoms with E-state index < -0.39 is 4.92 Å². The van der Waals surface area contributed by atoms with Gasteiger partial charge in [0.2, 0.25) is 0 Å². The van der Waals surface area contributed by atoms with Gasteiger partial charge in [0.1, 0.15) is 12.2 Å². The van der Waals surface area contributed by atoms with Crippen molar-refractivity contribution in [2.24, 2.45) is 0 Å². The summed E-state index contributed by atoms with van der Waals surface area (Å²) in [7, 11) is 0. The van der Waals surface area contributed by atoms with Crippen LogP contribution in [0.3, 0.4) is 0 Å². The highest BCUT2D eigenvalue weighted by atomic mass is 16.6. The van der Waals surface area contributed by atoms with Crippen molar-refractivity contribution in [1.29, 1.82) is 0 Å². The number of benzene rings is 1. The molecule has 0 aliphatic heterocycles. The number of hydrogen-bond donors (Lipinski definition) is 0. The lowest BCUT2D eigenvalue weighted by Gasteiger charge is -2.03. The van der Waals surface area contributed by atoms with Crippen LogP contribution in [0.15, 0.2) is 24.5 Å². The van der Waals surface area contributed by atoms with Crippen LogP contribution in [0.25, 0.3) is 5.69 Å². The molecule has 1 aromatic heterocycles. The first-order valence-corrected chi connectivity index (χ1v) is 4.74. The maximum absolute atomic E-state index is 10.9. The van der Waals surface area contributed by atoms with E-state index in [1.807, 2.05) is 0 Å². The topological polar surface area (TPSA) is 90.9 Å². The third kappa shape index (κ3) is 2.03. The number of hydrogen-bond acceptors (Lipinski definition) is 5. The fourth-order valence-electron chi connectivity index (χ4n) is 1.42. The zero-order valence-corrected chi connectivity index (χ0v) is 8.90. The third-order valence-electron chi connectivity index (χ3n) is 2.20. The Morgan fingerprint density at radius 2 is 2.24 bits per heavy atom. The average molecular weight is 232 g/mol. The van der Waals surface area contributed by atoms with Gasteiger partial charge in [-0.3, -0.25) is 14.9 Å². The van der Waals surface area contributed by atoms with Gasteiger partial charge in [-0.05, 0) is 13.0 Å². The van der Waals surface area contributed by atoms with Crippen LogP contribution in [0.2, 0.25) is 0 Å². The summed E-state index contributed by atoms with van der Waals surface area (Å²) in [6.07, 6.45) is 2.00. The molecular formula is C10H8N4O3.